The van der Waals surface area contributed by atoms with Crippen molar-refractivity contribution >= 4 is 27.3 Å². The molecule has 3 aromatic rings. The van der Waals surface area contributed by atoms with Crippen molar-refractivity contribution < 1.29 is 22.0 Å². The maximum atomic E-state index is 13.2. The number of rotatable bonds is 7. The van der Waals surface area contributed by atoms with Gasteiger partial charge in [0.15, 0.2) is 15.6 Å². The van der Waals surface area contributed by atoms with Crippen LogP contribution in [0.5, 0.6) is 0 Å². The van der Waals surface area contributed by atoms with E-state index in [1.54, 1.807) is 12.1 Å². The molecule has 29 heavy (non-hydrogen) atoms. The van der Waals surface area contributed by atoms with Crippen LogP contribution in [0.3, 0.4) is 0 Å². The monoisotopic (exact) mass is 435 g/mol. The second kappa shape index (κ2) is 8.80. The van der Waals surface area contributed by atoms with E-state index in [0.29, 0.717) is 5.56 Å². The third-order valence-electron chi connectivity index (χ3n) is 4.32. The van der Waals surface area contributed by atoms with Crippen molar-refractivity contribution in [2.45, 2.75) is 25.0 Å². The quantitative estimate of drug-likeness (QED) is 0.595. The largest absolute Gasteiger partial charge is 0.455 e. The second-order valence-corrected chi connectivity index (χ2v) is 9.13. The molecule has 152 valence electrons. The van der Waals surface area contributed by atoms with Crippen LogP contribution in [-0.4, -0.2) is 14.3 Å². The molecule has 0 aliphatic carbocycles. The van der Waals surface area contributed by atoms with E-state index in [9.17, 15) is 17.6 Å². The zero-order valence-electron chi connectivity index (χ0n) is 15.6. The SMILES string of the molecule is Cc1ccccc1CS(=O)(=O)Cc1ccc(C(=O)NCc2ccc(F)c(Cl)c2)o1. The minimum Gasteiger partial charge on any atom is -0.455 e. The van der Waals surface area contributed by atoms with Crippen LogP contribution in [0.2, 0.25) is 5.02 Å². The number of furan rings is 1. The summed E-state index contributed by atoms with van der Waals surface area (Å²) < 4.78 is 43.5. The molecule has 0 spiro atoms. The highest BCUT2D eigenvalue weighted by Gasteiger charge is 2.18. The van der Waals surface area contributed by atoms with Gasteiger partial charge < -0.3 is 9.73 Å². The van der Waals surface area contributed by atoms with Crippen LogP contribution in [0, 0.1) is 12.7 Å². The number of amides is 1. The van der Waals surface area contributed by atoms with Crippen molar-refractivity contribution in [2.24, 2.45) is 0 Å². The van der Waals surface area contributed by atoms with Gasteiger partial charge in [0.05, 0.1) is 10.8 Å². The first-order valence-corrected chi connectivity index (χ1v) is 11.0. The van der Waals surface area contributed by atoms with Crippen molar-refractivity contribution in [2.75, 3.05) is 0 Å². The van der Waals surface area contributed by atoms with Crippen LogP contribution in [0.25, 0.3) is 0 Å². The van der Waals surface area contributed by atoms with Gasteiger partial charge in [-0.05, 0) is 47.9 Å². The molecule has 1 N–H and O–H groups in total. The predicted molar refractivity (Wildman–Crippen MR) is 109 cm³/mol. The number of halogens is 2. The summed E-state index contributed by atoms with van der Waals surface area (Å²) in [5.74, 6) is -1.26. The number of sulfone groups is 1. The smallest absolute Gasteiger partial charge is 0.287 e. The molecule has 0 aliphatic heterocycles. The number of carbonyl (C=O) groups is 1. The number of hydrogen-bond donors (Lipinski definition) is 1. The van der Waals surface area contributed by atoms with Gasteiger partial charge in [0.2, 0.25) is 0 Å². The molecule has 0 bridgehead atoms. The van der Waals surface area contributed by atoms with E-state index in [2.05, 4.69) is 5.32 Å². The lowest BCUT2D eigenvalue weighted by Gasteiger charge is -2.06. The molecule has 0 fully saturated rings. The first-order chi connectivity index (χ1) is 13.7. The summed E-state index contributed by atoms with van der Waals surface area (Å²) in [4.78, 5) is 12.2. The predicted octanol–water partition coefficient (Wildman–Crippen LogP) is 4.43. The zero-order valence-corrected chi connectivity index (χ0v) is 17.2. The first kappa shape index (κ1) is 21.1. The van der Waals surface area contributed by atoms with Gasteiger partial charge in [-0.15, -0.1) is 0 Å². The molecule has 0 atom stereocenters. The Morgan fingerprint density at radius 2 is 1.86 bits per heavy atom. The van der Waals surface area contributed by atoms with Crippen LogP contribution >= 0.6 is 11.6 Å². The Labute approximate surface area is 173 Å². The van der Waals surface area contributed by atoms with Gasteiger partial charge in [-0.1, -0.05) is 41.9 Å². The molecule has 0 saturated heterocycles. The molecule has 3 rings (SSSR count). The molecule has 1 amide bonds. The van der Waals surface area contributed by atoms with E-state index in [1.165, 1.54) is 30.3 Å². The summed E-state index contributed by atoms with van der Waals surface area (Å²) >= 11 is 5.72. The van der Waals surface area contributed by atoms with Crippen molar-refractivity contribution in [3.8, 4) is 0 Å². The molecule has 0 radical (unpaired) electrons. The summed E-state index contributed by atoms with van der Waals surface area (Å²) in [5.41, 5.74) is 2.25. The molecule has 5 nitrogen and oxygen atoms in total. The minimum atomic E-state index is -3.46. The summed E-state index contributed by atoms with van der Waals surface area (Å²) in [6.07, 6.45) is 0. The van der Waals surface area contributed by atoms with Crippen LogP contribution < -0.4 is 5.32 Å². The molecular formula is C21H19ClFNO4S. The number of benzene rings is 2. The van der Waals surface area contributed by atoms with Gasteiger partial charge in [0.25, 0.3) is 5.91 Å². The standard InChI is InChI=1S/C21H19ClFNO4S/c1-14-4-2-3-5-16(14)12-29(26,27)13-17-7-9-20(28-17)21(25)24-11-15-6-8-19(23)18(22)10-15/h2-10H,11-13H2,1H3,(H,24,25). The molecule has 1 aromatic heterocycles. The first-order valence-electron chi connectivity index (χ1n) is 8.79. The highest BCUT2D eigenvalue weighted by molar-refractivity contribution is 7.89. The average molecular weight is 436 g/mol. The van der Waals surface area contributed by atoms with E-state index in [1.807, 2.05) is 19.1 Å². The van der Waals surface area contributed by atoms with Crippen molar-refractivity contribution in [3.05, 3.63) is 93.6 Å². The molecule has 0 saturated carbocycles. The van der Waals surface area contributed by atoms with E-state index >= 15 is 0 Å². The lowest BCUT2D eigenvalue weighted by Crippen LogP contribution is -2.22. The second-order valence-electron chi connectivity index (χ2n) is 6.66. The minimum absolute atomic E-state index is 0.000648. The fraction of sp³-hybridized carbons (Fsp3) is 0.190. The van der Waals surface area contributed by atoms with Crippen molar-refractivity contribution in [1.29, 1.82) is 0 Å². The third kappa shape index (κ3) is 5.68. The molecular weight excluding hydrogens is 417 g/mol. The fourth-order valence-electron chi connectivity index (χ4n) is 2.77. The lowest BCUT2D eigenvalue weighted by atomic mass is 10.1. The highest BCUT2D eigenvalue weighted by atomic mass is 35.5. The number of nitrogens with one attached hydrogen (secondary N) is 1. The van der Waals surface area contributed by atoms with Crippen LogP contribution in [0.1, 0.15) is 33.0 Å². The van der Waals surface area contributed by atoms with Crippen LogP contribution in [-0.2, 0) is 27.9 Å². The Morgan fingerprint density at radius 1 is 1.10 bits per heavy atom. The zero-order chi connectivity index (χ0) is 21.0. The van der Waals surface area contributed by atoms with Crippen molar-refractivity contribution in [1.82, 2.24) is 5.32 Å². The Balaban J connectivity index is 1.61. The fourth-order valence-corrected chi connectivity index (χ4v) is 4.46. The average Bonchev–Trinajstić information content (AvgIpc) is 3.12. The molecule has 8 heteroatoms. The van der Waals surface area contributed by atoms with Crippen LogP contribution in [0.15, 0.2) is 59.0 Å². The Hall–Kier alpha value is -2.64. The van der Waals surface area contributed by atoms with Gasteiger partial charge in [0.1, 0.15) is 17.3 Å². The summed E-state index contributed by atoms with van der Waals surface area (Å²) in [5, 5.41) is 2.59. The molecule has 2 aromatic carbocycles. The molecule has 0 aliphatic rings. The Morgan fingerprint density at radius 3 is 2.59 bits per heavy atom. The third-order valence-corrected chi connectivity index (χ3v) is 6.09. The number of aryl methyl sites for hydroxylation is 1. The van der Waals surface area contributed by atoms with Crippen LogP contribution in [0.4, 0.5) is 4.39 Å². The van der Waals surface area contributed by atoms with E-state index in [4.69, 9.17) is 16.0 Å². The van der Waals surface area contributed by atoms with Gasteiger partial charge >= 0.3 is 0 Å². The van der Waals surface area contributed by atoms with Gasteiger partial charge in [0, 0.05) is 6.54 Å². The van der Waals surface area contributed by atoms with E-state index < -0.39 is 21.6 Å². The normalized spacial score (nSPS) is 11.4. The van der Waals surface area contributed by atoms with Gasteiger partial charge in [-0.3, -0.25) is 4.79 Å². The summed E-state index contributed by atoms with van der Waals surface area (Å²) in [6, 6.07) is 14.3. The Kier molecular flexibility index (Phi) is 6.39. The highest BCUT2D eigenvalue weighted by Crippen LogP contribution is 2.18. The van der Waals surface area contributed by atoms with Crippen molar-refractivity contribution in [3.63, 3.8) is 0 Å². The molecule has 0 unspecified atom stereocenters. The summed E-state index contributed by atoms with van der Waals surface area (Å²) in [6.45, 7) is 1.98. The Bertz CT molecular complexity index is 1140. The molecule has 1 heterocycles. The summed E-state index contributed by atoms with van der Waals surface area (Å²) in [7, 11) is -3.46. The number of hydrogen-bond acceptors (Lipinski definition) is 4. The lowest BCUT2D eigenvalue weighted by molar-refractivity contribution is 0.0921. The number of carbonyl (C=O) groups excluding carboxylic acids is 1. The van der Waals surface area contributed by atoms with Gasteiger partial charge in [-0.2, -0.15) is 0 Å². The van der Waals surface area contributed by atoms with E-state index in [0.717, 1.165) is 11.1 Å². The van der Waals surface area contributed by atoms with E-state index in [-0.39, 0.29) is 34.6 Å². The maximum Gasteiger partial charge on any atom is 0.287 e. The van der Waals surface area contributed by atoms with Gasteiger partial charge in [-0.25, -0.2) is 12.8 Å². The topological polar surface area (TPSA) is 76.4 Å². The maximum absolute atomic E-state index is 13.2.